The van der Waals surface area contributed by atoms with Crippen molar-refractivity contribution < 1.29 is 18.8 Å². The van der Waals surface area contributed by atoms with E-state index in [2.05, 4.69) is 48.1 Å². The quantitative estimate of drug-likeness (QED) is 0.201. The van der Waals surface area contributed by atoms with E-state index in [1.807, 2.05) is 0 Å². The Morgan fingerprint density at radius 3 is 1.72 bits per heavy atom. The van der Waals surface area contributed by atoms with Crippen molar-refractivity contribution in [2.75, 3.05) is 6.61 Å². The second-order valence-electron chi connectivity index (χ2n) is 8.47. The first kappa shape index (κ1) is 23.9. The molecule has 0 spiro atoms. The number of hydrogen-bond donors (Lipinski definition) is 0. The van der Waals surface area contributed by atoms with Crippen LogP contribution in [0.5, 0.6) is 0 Å². The molecule has 0 aromatic heterocycles. The predicted octanol–water partition coefficient (Wildman–Crippen LogP) is 5.34. The minimum atomic E-state index is -2.12. The van der Waals surface area contributed by atoms with Gasteiger partial charge in [-0.05, 0) is 49.2 Å². The molecule has 0 saturated carbocycles. The molecule has 0 amide bonds. The monoisotopic (exact) mass is 370 g/mol. The van der Waals surface area contributed by atoms with E-state index in [0.29, 0.717) is 36.2 Å². The van der Waals surface area contributed by atoms with Crippen LogP contribution in [0, 0.1) is 17.8 Å². The zero-order chi connectivity index (χ0) is 19.6. The van der Waals surface area contributed by atoms with Gasteiger partial charge in [0.1, 0.15) is 0 Å². The SMILES string of the molecule is C=C(C)C(=O)OCCCC(=O)O[Si](CC(C)C)(CC(C)C)CC(C)C. The van der Waals surface area contributed by atoms with Gasteiger partial charge in [0.15, 0.2) is 0 Å². The molecular weight excluding hydrogens is 332 g/mol. The minimum Gasteiger partial charge on any atom is -0.519 e. The molecule has 0 rings (SSSR count). The Balaban J connectivity index is 4.77. The molecule has 0 aromatic carbocycles. The minimum absolute atomic E-state index is 0.139. The molecule has 0 saturated heterocycles. The summed E-state index contributed by atoms with van der Waals surface area (Å²) in [5.41, 5.74) is 0.375. The third-order valence-corrected chi connectivity index (χ3v) is 9.12. The molecule has 25 heavy (non-hydrogen) atoms. The molecule has 0 atom stereocenters. The normalized spacial score (nSPS) is 11.9. The van der Waals surface area contributed by atoms with E-state index < -0.39 is 14.3 Å². The van der Waals surface area contributed by atoms with Crippen LogP contribution in [0.15, 0.2) is 12.2 Å². The van der Waals surface area contributed by atoms with E-state index in [9.17, 15) is 9.59 Å². The van der Waals surface area contributed by atoms with Gasteiger partial charge in [-0.1, -0.05) is 48.1 Å². The molecule has 146 valence electrons. The van der Waals surface area contributed by atoms with Crippen LogP contribution in [-0.4, -0.2) is 26.9 Å². The largest absolute Gasteiger partial charge is 0.519 e. The molecule has 0 heterocycles. The van der Waals surface area contributed by atoms with Crippen LogP contribution in [0.4, 0.5) is 0 Å². The highest BCUT2D eigenvalue weighted by Crippen LogP contribution is 2.33. The van der Waals surface area contributed by atoms with Gasteiger partial charge in [-0.25, -0.2) is 4.79 Å². The van der Waals surface area contributed by atoms with Crippen LogP contribution < -0.4 is 0 Å². The zero-order valence-electron chi connectivity index (χ0n) is 17.3. The lowest BCUT2D eigenvalue weighted by atomic mass is 10.2. The number of esters is 1. The van der Waals surface area contributed by atoms with Crippen molar-refractivity contribution in [3.8, 4) is 0 Å². The average Bonchev–Trinajstić information content (AvgIpc) is 2.40. The van der Waals surface area contributed by atoms with E-state index in [4.69, 9.17) is 9.16 Å². The molecule has 0 aromatic rings. The first-order chi connectivity index (χ1) is 11.5. The highest BCUT2D eigenvalue weighted by atomic mass is 28.4. The van der Waals surface area contributed by atoms with Crippen LogP contribution in [0.25, 0.3) is 0 Å². The maximum absolute atomic E-state index is 12.4. The summed E-state index contributed by atoms with van der Waals surface area (Å²) in [6.07, 6.45) is 0.792. The highest BCUT2D eigenvalue weighted by molar-refractivity contribution is 6.75. The van der Waals surface area contributed by atoms with Gasteiger partial charge in [0.2, 0.25) is 0 Å². The first-order valence-electron chi connectivity index (χ1n) is 9.52. The summed E-state index contributed by atoms with van der Waals surface area (Å²) in [5.74, 6) is 1.02. The highest BCUT2D eigenvalue weighted by Gasteiger charge is 2.40. The molecule has 0 radical (unpaired) electrons. The van der Waals surface area contributed by atoms with Crippen LogP contribution in [-0.2, 0) is 18.8 Å². The van der Waals surface area contributed by atoms with E-state index in [0.717, 1.165) is 18.1 Å². The van der Waals surface area contributed by atoms with Crippen molar-refractivity contribution in [3.05, 3.63) is 12.2 Å². The van der Waals surface area contributed by atoms with Gasteiger partial charge in [-0.3, -0.25) is 4.79 Å². The molecule has 4 nitrogen and oxygen atoms in total. The number of carbonyl (C=O) groups excluding carboxylic acids is 2. The lowest BCUT2D eigenvalue weighted by molar-refractivity contribution is -0.141. The summed E-state index contributed by atoms with van der Waals surface area (Å²) in [5, 5.41) is 0. The van der Waals surface area contributed by atoms with Gasteiger partial charge in [0.05, 0.1) is 6.61 Å². The topological polar surface area (TPSA) is 52.6 Å². The number of hydrogen-bond acceptors (Lipinski definition) is 4. The van der Waals surface area contributed by atoms with Gasteiger partial charge in [0, 0.05) is 12.0 Å². The van der Waals surface area contributed by atoms with E-state index in [1.165, 1.54) is 0 Å². The fraction of sp³-hybridized carbons (Fsp3) is 0.800. The second-order valence-corrected chi connectivity index (χ2v) is 12.3. The summed E-state index contributed by atoms with van der Waals surface area (Å²) in [7, 11) is -2.12. The maximum atomic E-state index is 12.4. The van der Waals surface area contributed by atoms with E-state index in [-0.39, 0.29) is 12.6 Å². The van der Waals surface area contributed by atoms with Crippen LogP contribution in [0.2, 0.25) is 18.1 Å². The van der Waals surface area contributed by atoms with Crippen molar-refractivity contribution in [3.63, 3.8) is 0 Å². The van der Waals surface area contributed by atoms with Crippen molar-refractivity contribution in [1.29, 1.82) is 0 Å². The van der Waals surface area contributed by atoms with Gasteiger partial charge in [-0.15, -0.1) is 0 Å². The third kappa shape index (κ3) is 11.2. The van der Waals surface area contributed by atoms with Crippen LogP contribution in [0.1, 0.15) is 61.3 Å². The zero-order valence-corrected chi connectivity index (χ0v) is 18.3. The summed E-state index contributed by atoms with van der Waals surface area (Å²) < 4.78 is 11.2. The summed E-state index contributed by atoms with van der Waals surface area (Å²) >= 11 is 0. The van der Waals surface area contributed by atoms with Gasteiger partial charge >= 0.3 is 5.97 Å². The Labute approximate surface area is 155 Å². The Morgan fingerprint density at radius 1 is 0.920 bits per heavy atom. The molecule has 0 aliphatic rings. The number of ether oxygens (including phenoxy) is 1. The number of carbonyl (C=O) groups is 2. The summed E-state index contributed by atoms with van der Waals surface area (Å²) in [6, 6.07) is 3.04. The molecule has 0 N–H and O–H groups in total. The lowest BCUT2D eigenvalue weighted by Gasteiger charge is -2.35. The molecule has 0 aliphatic carbocycles. The molecular formula is C20H38O4Si. The fourth-order valence-electron chi connectivity index (χ4n) is 3.40. The molecule has 0 fully saturated rings. The molecule has 0 bridgehead atoms. The molecule has 0 unspecified atom stereocenters. The van der Waals surface area contributed by atoms with Crippen LogP contribution in [0.3, 0.4) is 0 Å². The van der Waals surface area contributed by atoms with Crippen molar-refractivity contribution in [2.45, 2.75) is 79.4 Å². The van der Waals surface area contributed by atoms with Crippen molar-refractivity contribution in [2.24, 2.45) is 17.8 Å². The van der Waals surface area contributed by atoms with Gasteiger partial charge in [0.25, 0.3) is 14.3 Å². The Kier molecular flexibility index (Phi) is 11.0. The van der Waals surface area contributed by atoms with E-state index >= 15 is 0 Å². The smallest absolute Gasteiger partial charge is 0.333 e. The Morgan fingerprint density at radius 2 is 1.36 bits per heavy atom. The summed E-state index contributed by atoms with van der Waals surface area (Å²) in [6.45, 7) is 18.6. The third-order valence-electron chi connectivity index (χ3n) is 3.78. The number of rotatable bonds is 12. The lowest BCUT2D eigenvalue weighted by Crippen LogP contribution is -2.44. The molecule has 0 aliphatic heterocycles. The van der Waals surface area contributed by atoms with Gasteiger partial charge in [-0.2, -0.15) is 0 Å². The van der Waals surface area contributed by atoms with Gasteiger partial charge < -0.3 is 9.16 Å². The van der Waals surface area contributed by atoms with E-state index in [1.54, 1.807) is 6.92 Å². The Hall–Kier alpha value is -1.10. The van der Waals surface area contributed by atoms with Crippen molar-refractivity contribution >= 4 is 20.3 Å². The standard InChI is InChI=1S/C20H38O4Si/c1-15(2)12-25(13-16(3)4,14-17(5)6)24-19(21)10-9-11-23-20(22)18(7)8/h15-17H,7,9-14H2,1-6,8H3. The molecule has 5 heteroatoms. The second kappa shape index (κ2) is 11.5. The Bertz CT molecular complexity index is 414. The summed E-state index contributed by atoms with van der Waals surface area (Å²) in [4.78, 5) is 23.8. The fourth-order valence-corrected chi connectivity index (χ4v) is 9.20. The average molecular weight is 371 g/mol. The predicted molar refractivity (Wildman–Crippen MR) is 106 cm³/mol. The van der Waals surface area contributed by atoms with Crippen molar-refractivity contribution in [1.82, 2.24) is 0 Å². The first-order valence-corrected chi connectivity index (χ1v) is 12.0. The van der Waals surface area contributed by atoms with Crippen LogP contribution >= 0.6 is 0 Å². The maximum Gasteiger partial charge on any atom is 0.333 e.